The summed E-state index contributed by atoms with van der Waals surface area (Å²) in [7, 11) is 0. The van der Waals surface area contributed by atoms with E-state index in [1.807, 2.05) is 0 Å². The van der Waals surface area contributed by atoms with E-state index in [0.717, 1.165) is 39.1 Å². The number of hydrogen-bond donors (Lipinski definition) is 2. The molecule has 0 unspecified atom stereocenters. The molecule has 2 atom stereocenters. The van der Waals surface area contributed by atoms with E-state index in [0.29, 0.717) is 23.7 Å². The number of nitrogens with two attached hydrogens (primary N) is 1. The van der Waals surface area contributed by atoms with Crippen LogP contribution in [-0.4, -0.2) is 79.0 Å². The normalized spacial score (nSPS) is 20.7. The Hall–Kier alpha value is -2.16. The van der Waals surface area contributed by atoms with Crippen LogP contribution in [0.2, 0.25) is 5.02 Å². The van der Waals surface area contributed by atoms with Crippen LogP contribution in [0, 0.1) is 0 Å². The smallest absolute Gasteiger partial charge is 0.251 e. The van der Waals surface area contributed by atoms with Gasteiger partial charge in [-0.2, -0.15) is 0 Å². The van der Waals surface area contributed by atoms with Crippen molar-refractivity contribution in [3.63, 3.8) is 0 Å². The Balaban J connectivity index is 1.57. The van der Waals surface area contributed by atoms with E-state index in [1.54, 1.807) is 29.2 Å². The van der Waals surface area contributed by atoms with Gasteiger partial charge >= 0.3 is 0 Å². The second kappa shape index (κ2) is 10.7. The van der Waals surface area contributed by atoms with Crippen molar-refractivity contribution in [3.05, 3.63) is 34.9 Å². The minimum absolute atomic E-state index is 0.0241. The standard InChI is InChI=1S/C21H29ClN4O4/c22-16-5-3-15(4-6-16)20(28)24-18(7-8-19(23)27)21(29)26-11-9-25(10-12-26)14-17-2-1-13-30-17/h3-6,17-18H,1-2,7-14H2,(H2,23,27)(H,24,28)/t17-,18-/m1/s1. The predicted molar refractivity (Wildman–Crippen MR) is 113 cm³/mol. The zero-order valence-corrected chi connectivity index (χ0v) is 17.8. The van der Waals surface area contributed by atoms with Gasteiger partial charge in [0.25, 0.3) is 5.91 Å². The largest absolute Gasteiger partial charge is 0.377 e. The van der Waals surface area contributed by atoms with Crippen LogP contribution in [0.4, 0.5) is 0 Å². The lowest BCUT2D eigenvalue weighted by Crippen LogP contribution is -2.55. The Morgan fingerprint density at radius 3 is 2.47 bits per heavy atom. The molecule has 0 bridgehead atoms. The summed E-state index contributed by atoms with van der Waals surface area (Å²) in [6.07, 6.45) is 2.68. The minimum Gasteiger partial charge on any atom is -0.377 e. The molecule has 8 nitrogen and oxygen atoms in total. The lowest BCUT2D eigenvalue weighted by molar-refractivity contribution is -0.135. The van der Waals surface area contributed by atoms with Crippen LogP contribution in [0.1, 0.15) is 36.0 Å². The molecule has 9 heteroatoms. The van der Waals surface area contributed by atoms with Crippen LogP contribution >= 0.6 is 11.6 Å². The molecule has 2 aliphatic rings. The van der Waals surface area contributed by atoms with Crippen LogP contribution in [-0.2, 0) is 14.3 Å². The Kier molecular flexibility index (Phi) is 8.07. The Morgan fingerprint density at radius 1 is 1.17 bits per heavy atom. The molecule has 30 heavy (non-hydrogen) atoms. The fraction of sp³-hybridized carbons (Fsp3) is 0.571. The van der Waals surface area contributed by atoms with Crippen LogP contribution in [0.5, 0.6) is 0 Å². The summed E-state index contributed by atoms with van der Waals surface area (Å²) in [5.41, 5.74) is 5.66. The molecular weight excluding hydrogens is 408 g/mol. The maximum Gasteiger partial charge on any atom is 0.251 e. The van der Waals surface area contributed by atoms with E-state index >= 15 is 0 Å². The lowest BCUT2D eigenvalue weighted by atomic mass is 10.1. The number of hydrogen-bond acceptors (Lipinski definition) is 5. The van der Waals surface area contributed by atoms with Gasteiger partial charge in [0.15, 0.2) is 0 Å². The van der Waals surface area contributed by atoms with Crippen LogP contribution < -0.4 is 11.1 Å². The number of piperazine rings is 1. The molecule has 0 spiro atoms. The number of ether oxygens (including phenoxy) is 1. The first kappa shape index (κ1) is 22.5. The van der Waals surface area contributed by atoms with Gasteiger partial charge in [-0.3, -0.25) is 19.3 Å². The van der Waals surface area contributed by atoms with Crippen molar-refractivity contribution in [2.24, 2.45) is 5.73 Å². The maximum absolute atomic E-state index is 13.1. The summed E-state index contributed by atoms with van der Waals surface area (Å²) in [5.74, 6) is -1.07. The maximum atomic E-state index is 13.1. The quantitative estimate of drug-likeness (QED) is 0.633. The second-order valence-electron chi connectivity index (χ2n) is 7.80. The molecule has 164 valence electrons. The summed E-state index contributed by atoms with van der Waals surface area (Å²) < 4.78 is 5.69. The molecule has 0 aliphatic carbocycles. The summed E-state index contributed by atoms with van der Waals surface area (Å²) >= 11 is 5.87. The number of primary amides is 1. The Bertz CT molecular complexity index is 744. The number of carbonyl (C=O) groups excluding carboxylic acids is 3. The molecule has 0 saturated carbocycles. The minimum atomic E-state index is -0.801. The van der Waals surface area contributed by atoms with Crippen molar-refractivity contribution in [2.75, 3.05) is 39.3 Å². The molecular formula is C21H29ClN4O4. The fourth-order valence-corrected chi connectivity index (χ4v) is 3.96. The summed E-state index contributed by atoms with van der Waals surface area (Å²) in [5, 5.41) is 3.28. The number of nitrogens with zero attached hydrogens (tertiary/aromatic N) is 2. The highest BCUT2D eigenvalue weighted by atomic mass is 35.5. The Morgan fingerprint density at radius 2 is 1.87 bits per heavy atom. The third kappa shape index (κ3) is 6.42. The van der Waals surface area contributed by atoms with Gasteiger partial charge in [0.2, 0.25) is 11.8 Å². The first-order valence-corrected chi connectivity index (χ1v) is 10.8. The zero-order valence-electron chi connectivity index (χ0n) is 17.0. The molecule has 2 aliphatic heterocycles. The molecule has 1 aromatic rings. The third-order valence-corrected chi connectivity index (χ3v) is 5.81. The van der Waals surface area contributed by atoms with Crippen LogP contribution in [0.3, 0.4) is 0 Å². The van der Waals surface area contributed by atoms with Crippen molar-refractivity contribution in [1.82, 2.24) is 15.1 Å². The van der Waals surface area contributed by atoms with E-state index < -0.39 is 11.9 Å². The van der Waals surface area contributed by atoms with Gasteiger partial charge in [-0.15, -0.1) is 0 Å². The average molecular weight is 437 g/mol. The number of amides is 3. The van der Waals surface area contributed by atoms with Gasteiger partial charge in [-0.05, 0) is 43.5 Å². The molecule has 2 saturated heterocycles. The number of nitrogens with one attached hydrogen (secondary N) is 1. The Labute approximate surface area is 181 Å². The topological polar surface area (TPSA) is 105 Å². The van der Waals surface area contributed by atoms with Gasteiger partial charge in [-0.25, -0.2) is 0 Å². The van der Waals surface area contributed by atoms with E-state index in [2.05, 4.69) is 10.2 Å². The van der Waals surface area contributed by atoms with Crippen LogP contribution in [0.25, 0.3) is 0 Å². The zero-order chi connectivity index (χ0) is 21.5. The van der Waals surface area contributed by atoms with Crippen molar-refractivity contribution in [3.8, 4) is 0 Å². The third-order valence-electron chi connectivity index (χ3n) is 5.56. The molecule has 0 radical (unpaired) electrons. The average Bonchev–Trinajstić information content (AvgIpc) is 3.24. The number of carbonyl (C=O) groups is 3. The molecule has 2 fully saturated rings. The molecule has 3 N–H and O–H groups in total. The van der Waals surface area contributed by atoms with Crippen LogP contribution in [0.15, 0.2) is 24.3 Å². The lowest BCUT2D eigenvalue weighted by Gasteiger charge is -2.37. The predicted octanol–water partition coefficient (Wildman–Crippen LogP) is 1.03. The van der Waals surface area contributed by atoms with E-state index in [4.69, 9.17) is 22.1 Å². The highest BCUT2D eigenvalue weighted by Crippen LogP contribution is 2.16. The molecule has 0 aromatic heterocycles. The highest BCUT2D eigenvalue weighted by molar-refractivity contribution is 6.30. The van der Waals surface area contributed by atoms with E-state index in [1.165, 1.54) is 0 Å². The fourth-order valence-electron chi connectivity index (χ4n) is 3.83. The number of rotatable bonds is 8. The second-order valence-corrected chi connectivity index (χ2v) is 8.24. The van der Waals surface area contributed by atoms with E-state index in [9.17, 15) is 14.4 Å². The monoisotopic (exact) mass is 436 g/mol. The number of benzene rings is 1. The van der Waals surface area contributed by atoms with Crippen molar-refractivity contribution < 1.29 is 19.1 Å². The molecule has 3 amide bonds. The van der Waals surface area contributed by atoms with Crippen molar-refractivity contribution in [2.45, 2.75) is 37.8 Å². The summed E-state index contributed by atoms with van der Waals surface area (Å²) in [6.45, 7) is 4.40. The summed E-state index contributed by atoms with van der Waals surface area (Å²) in [4.78, 5) is 41.0. The van der Waals surface area contributed by atoms with Gasteiger partial charge in [0, 0.05) is 56.3 Å². The molecule has 2 heterocycles. The van der Waals surface area contributed by atoms with Gasteiger partial charge in [-0.1, -0.05) is 11.6 Å². The summed E-state index contributed by atoms with van der Waals surface area (Å²) in [6, 6.07) is 5.62. The SMILES string of the molecule is NC(=O)CC[C@@H](NC(=O)c1ccc(Cl)cc1)C(=O)N1CCN(C[C@H]2CCCO2)CC1. The van der Waals surface area contributed by atoms with Crippen molar-refractivity contribution in [1.29, 1.82) is 0 Å². The van der Waals surface area contributed by atoms with Gasteiger partial charge in [0.1, 0.15) is 6.04 Å². The number of halogens is 1. The van der Waals surface area contributed by atoms with E-state index in [-0.39, 0.29) is 30.8 Å². The van der Waals surface area contributed by atoms with Gasteiger partial charge in [0.05, 0.1) is 6.10 Å². The highest BCUT2D eigenvalue weighted by Gasteiger charge is 2.30. The van der Waals surface area contributed by atoms with Crippen molar-refractivity contribution >= 4 is 29.3 Å². The first-order chi connectivity index (χ1) is 14.4. The molecule has 1 aromatic carbocycles. The molecule has 3 rings (SSSR count). The van der Waals surface area contributed by atoms with Gasteiger partial charge < -0.3 is 20.7 Å². The first-order valence-electron chi connectivity index (χ1n) is 10.4.